The summed E-state index contributed by atoms with van der Waals surface area (Å²) in [6.07, 6.45) is 5.52. The van der Waals surface area contributed by atoms with E-state index in [-0.39, 0.29) is 6.04 Å². The van der Waals surface area contributed by atoms with Gasteiger partial charge in [-0.3, -0.25) is 9.67 Å². The van der Waals surface area contributed by atoms with Crippen LogP contribution in [0.2, 0.25) is 0 Å². The lowest BCUT2D eigenvalue weighted by Gasteiger charge is -2.20. The van der Waals surface area contributed by atoms with Crippen molar-refractivity contribution in [2.45, 2.75) is 19.9 Å². The van der Waals surface area contributed by atoms with Crippen LogP contribution in [0.3, 0.4) is 0 Å². The first-order valence-electron chi connectivity index (χ1n) is 11.9. The molecule has 3 N–H and O–H groups in total. The lowest BCUT2D eigenvalue weighted by molar-refractivity contribution is 0.0602. The molecule has 0 radical (unpaired) electrons. The molecule has 0 saturated heterocycles. The molecule has 0 saturated carbocycles. The van der Waals surface area contributed by atoms with E-state index in [4.69, 9.17) is 15.5 Å². The highest BCUT2D eigenvalue weighted by Gasteiger charge is 2.18. The third-order valence-electron chi connectivity index (χ3n) is 6.35. The number of benzene rings is 2. The molecule has 186 valence electrons. The van der Waals surface area contributed by atoms with Gasteiger partial charge < -0.3 is 15.8 Å². The first-order chi connectivity index (χ1) is 17.8. The zero-order valence-electron chi connectivity index (χ0n) is 21.2. The second kappa shape index (κ2) is 9.73. The molecule has 8 nitrogen and oxygen atoms in total. The number of nitrogens with zero attached hydrogens (tertiary/aromatic N) is 4. The second-order valence-electron chi connectivity index (χ2n) is 9.09. The minimum atomic E-state index is -0.392. The van der Waals surface area contributed by atoms with Gasteiger partial charge in [0.25, 0.3) is 0 Å². The van der Waals surface area contributed by atoms with Crippen LogP contribution in [0.25, 0.3) is 33.4 Å². The standard InChI is InChI=1S/C29H28N6O2/c1-17-11-22(18(2)33-26-8-6-5-7-21(26)29(36)37-4)28-23(12-17)24(30)13-27(34-28)19-9-10-25(31-14-19)20-15-32-35(3)16-20/h5-16,18,33H,1-4H3,(H2,30,34). The van der Waals surface area contributed by atoms with Crippen LogP contribution in [0.1, 0.15) is 34.5 Å². The minimum absolute atomic E-state index is 0.165. The van der Waals surface area contributed by atoms with Crippen molar-refractivity contribution in [1.29, 1.82) is 0 Å². The van der Waals surface area contributed by atoms with Gasteiger partial charge in [0, 0.05) is 52.9 Å². The highest BCUT2D eigenvalue weighted by atomic mass is 16.5. The fourth-order valence-electron chi connectivity index (χ4n) is 4.48. The maximum atomic E-state index is 12.3. The van der Waals surface area contributed by atoms with Gasteiger partial charge in [-0.05, 0) is 55.8 Å². The van der Waals surface area contributed by atoms with Gasteiger partial charge in [-0.15, -0.1) is 0 Å². The Morgan fingerprint density at radius 3 is 2.57 bits per heavy atom. The summed E-state index contributed by atoms with van der Waals surface area (Å²) in [5, 5.41) is 8.57. The molecule has 0 aliphatic carbocycles. The smallest absolute Gasteiger partial charge is 0.339 e. The Morgan fingerprint density at radius 1 is 1.05 bits per heavy atom. The van der Waals surface area contributed by atoms with Crippen LogP contribution < -0.4 is 11.1 Å². The highest BCUT2D eigenvalue weighted by Crippen LogP contribution is 2.34. The van der Waals surface area contributed by atoms with Gasteiger partial charge in [-0.2, -0.15) is 5.10 Å². The van der Waals surface area contributed by atoms with Gasteiger partial charge in [0.05, 0.1) is 41.8 Å². The van der Waals surface area contributed by atoms with E-state index in [0.717, 1.165) is 44.5 Å². The number of nitrogens with two attached hydrogens (primary N) is 1. The normalized spacial score (nSPS) is 11.9. The number of pyridine rings is 2. The molecular formula is C29H28N6O2. The molecular weight excluding hydrogens is 464 g/mol. The first-order valence-corrected chi connectivity index (χ1v) is 11.9. The largest absolute Gasteiger partial charge is 0.465 e. The molecule has 0 aliphatic rings. The van der Waals surface area contributed by atoms with Crippen LogP contribution >= 0.6 is 0 Å². The van der Waals surface area contributed by atoms with E-state index in [1.165, 1.54) is 7.11 Å². The van der Waals surface area contributed by atoms with Gasteiger partial charge in [-0.1, -0.05) is 18.2 Å². The zero-order chi connectivity index (χ0) is 26.1. The van der Waals surface area contributed by atoms with E-state index in [9.17, 15) is 4.79 Å². The third kappa shape index (κ3) is 4.73. The number of anilines is 2. The fourth-order valence-corrected chi connectivity index (χ4v) is 4.48. The van der Waals surface area contributed by atoms with Crippen molar-refractivity contribution in [3.05, 3.63) is 89.9 Å². The molecule has 0 fully saturated rings. The van der Waals surface area contributed by atoms with Crippen molar-refractivity contribution in [3.63, 3.8) is 0 Å². The van der Waals surface area contributed by atoms with Crippen LogP contribution in [0.15, 0.2) is 73.2 Å². The Bertz CT molecular complexity index is 1610. The number of fused-ring (bicyclic) bond motifs is 1. The van der Waals surface area contributed by atoms with Gasteiger partial charge in [-0.25, -0.2) is 9.78 Å². The van der Waals surface area contributed by atoms with E-state index in [1.54, 1.807) is 23.1 Å². The number of hydrogen-bond acceptors (Lipinski definition) is 7. The van der Waals surface area contributed by atoms with Crippen LogP contribution in [0, 0.1) is 6.92 Å². The highest BCUT2D eigenvalue weighted by molar-refractivity contribution is 5.97. The number of carbonyl (C=O) groups is 1. The number of esters is 1. The molecule has 0 spiro atoms. The second-order valence-corrected chi connectivity index (χ2v) is 9.09. The van der Waals surface area contributed by atoms with Gasteiger partial charge in [0.15, 0.2) is 0 Å². The average Bonchev–Trinajstić information content (AvgIpc) is 3.34. The molecule has 2 aromatic carbocycles. The van der Waals surface area contributed by atoms with Crippen molar-refractivity contribution in [2.24, 2.45) is 7.05 Å². The fraction of sp³-hybridized carbons (Fsp3) is 0.172. The molecule has 5 rings (SSSR count). The van der Waals surface area contributed by atoms with Gasteiger partial charge >= 0.3 is 5.97 Å². The van der Waals surface area contributed by atoms with Crippen LogP contribution in [0.5, 0.6) is 0 Å². The lowest BCUT2D eigenvalue weighted by atomic mass is 9.98. The maximum absolute atomic E-state index is 12.3. The molecule has 0 amide bonds. The van der Waals surface area contributed by atoms with E-state index in [1.807, 2.05) is 69.6 Å². The zero-order valence-corrected chi connectivity index (χ0v) is 21.2. The summed E-state index contributed by atoms with van der Waals surface area (Å²) in [5.74, 6) is -0.392. The molecule has 3 heterocycles. The summed E-state index contributed by atoms with van der Waals surface area (Å²) in [4.78, 5) is 21.9. The van der Waals surface area contributed by atoms with Crippen molar-refractivity contribution >= 4 is 28.2 Å². The predicted molar refractivity (Wildman–Crippen MR) is 146 cm³/mol. The van der Waals surface area contributed by atoms with Crippen molar-refractivity contribution in [1.82, 2.24) is 19.7 Å². The van der Waals surface area contributed by atoms with Crippen molar-refractivity contribution in [3.8, 4) is 22.5 Å². The van der Waals surface area contributed by atoms with E-state index in [0.29, 0.717) is 16.9 Å². The quantitative estimate of drug-likeness (QED) is 0.299. The molecule has 1 unspecified atom stereocenters. The maximum Gasteiger partial charge on any atom is 0.339 e. The molecule has 3 aromatic heterocycles. The molecule has 37 heavy (non-hydrogen) atoms. The van der Waals surface area contributed by atoms with E-state index in [2.05, 4.69) is 21.5 Å². The van der Waals surface area contributed by atoms with Crippen LogP contribution in [0.4, 0.5) is 11.4 Å². The number of aryl methyl sites for hydroxylation is 2. The van der Waals surface area contributed by atoms with Crippen molar-refractivity contribution in [2.75, 3.05) is 18.2 Å². The molecule has 0 bridgehead atoms. The van der Waals surface area contributed by atoms with E-state index >= 15 is 0 Å². The Morgan fingerprint density at radius 2 is 1.86 bits per heavy atom. The van der Waals surface area contributed by atoms with Crippen LogP contribution in [-0.2, 0) is 11.8 Å². The molecule has 5 aromatic rings. The topological polar surface area (TPSA) is 108 Å². The average molecular weight is 493 g/mol. The summed E-state index contributed by atoms with van der Waals surface area (Å²) >= 11 is 0. The summed E-state index contributed by atoms with van der Waals surface area (Å²) in [5.41, 5.74) is 14.6. The Hall–Kier alpha value is -4.72. The Balaban J connectivity index is 1.55. The number of hydrogen-bond donors (Lipinski definition) is 2. The number of methoxy groups -OCH3 is 1. The Labute approximate surface area is 215 Å². The third-order valence-corrected chi connectivity index (χ3v) is 6.35. The number of carbonyl (C=O) groups excluding carboxylic acids is 1. The number of ether oxygens (including phenoxy) is 1. The molecule has 0 aliphatic heterocycles. The number of para-hydroxylation sites is 1. The van der Waals surface area contributed by atoms with Gasteiger partial charge in [0.2, 0.25) is 0 Å². The molecule has 1 atom stereocenters. The first kappa shape index (κ1) is 24.0. The van der Waals surface area contributed by atoms with Crippen LogP contribution in [-0.4, -0.2) is 32.8 Å². The van der Waals surface area contributed by atoms with E-state index < -0.39 is 5.97 Å². The lowest BCUT2D eigenvalue weighted by Crippen LogP contribution is -2.13. The number of rotatable bonds is 6. The number of nitrogens with one attached hydrogen (secondary N) is 1. The number of nitrogen functional groups attached to an aromatic ring is 1. The van der Waals surface area contributed by atoms with Gasteiger partial charge in [0.1, 0.15) is 0 Å². The summed E-state index contributed by atoms with van der Waals surface area (Å²) in [6, 6.07) is 17.1. The predicted octanol–water partition coefficient (Wildman–Crippen LogP) is 5.55. The summed E-state index contributed by atoms with van der Waals surface area (Å²) in [6.45, 7) is 4.07. The monoisotopic (exact) mass is 492 g/mol. The summed E-state index contributed by atoms with van der Waals surface area (Å²) in [7, 11) is 3.26. The SMILES string of the molecule is COC(=O)c1ccccc1NC(C)c1cc(C)cc2c(N)cc(-c3ccc(-c4cnn(C)c4)nc3)nc12. The minimum Gasteiger partial charge on any atom is -0.465 e. The summed E-state index contributed by atoms with van der Waals surface area (Å²) < 4.78 is 6.70. The number of aromatic nitrogens is 4. The van der Waals surface area contributed by atoms with Crippen molar-refractivity contribution < 1.29 is 9.53 Å². The molecule has 8 heteroatoms. The Kier molecular flexibility index (Phi) is 6.31.